The van der Waals surface area contributed by atoms with Gasteiger partial charge < -0.3 is 5.32 Å². The van der Waals surface area contributed by atoms with Crippen molar-refractivity contribution in [1.82, 2.24) is 9.62 Å². The highest BCUT2D eigenvalue weighted by Gasteiger charge is 2.19. The molecule has 2 rings (SSSR count). The van der Waals surface area contributed by atoms with Gasteiger partial charge in [-0.2, -0.15) is 0 Å². The highest BCUT2D eigenvalue weighted by atomic mass is 32.2. The minimum atomic E-state index is -3.34. The van der Waals surface area contributed by atoms with E-state index in [9.17, 15) is 8.42 Å². The maximum Gasteiger partial charge on any atom is 0.242 e. The van der Waals surface area contributed by atoms with Crippen LogP contribution in [0.15, 0.2) is 54.9 Å². The zero-order valence-electron chi connectivity index (χ0n) is 10.9. The summed E-state index contributed by atoms with van der Waals surface area (Å²) in [5.41, 5.74) is 0.790. The second kappa shape index (κ2) is 6.04. The fraction of sp³-hybridized carbons (Fsp3) is 0.286. The minimum absolute atomic E-state index is 0.00833. The fourth-order valence-corrected chi connectivity index (χ4v) is 3.16. The molecule has 1 aliphatic heterocycles. The third-order valence-corrected chi connectivity index (χ3v) is 4.42. The van der Waals surface area contributed by atoms with Gasteiger partial charge in [-0.15, -0.1) is 0 Å². The largest absolute Gasteiger partial charge is 0.307 e. The standard InChI is InChI=1S/C14H18N2O2S/c1-2-15-14-8-10-16(11-9-14)19(17,18)12-13-6-4-3-5-7-13/h3-11,14-15H,2,12H2,1H3. The number of nitrogens with zero attached hydrogens (tertiary/aromatic N) is 1. The lowest BCUT2D eigenvalue weighted by Gasteiger charge is -2.21. The number of hydrogen-bond donors (Lipinski definition) is 1. The average Bonchev–Trinajstić information content (AvgIpc) is 2.40. The molecule has 1 heterocycles. The van der Waals surface area contributed by atoms with Crippen molar-refractivity contribution in [3.8, 4) is 0 Å². The topological polar surface area (TPSA) is 49.4 Å². The molecule has 1 aromatic rings. The van der Waals surface area contributed by atoms with E-state index in [1.807, 2.05) is 49.4 Å². The van der Waals surface area contributed by atoms with Crippen LogP contribution in [0.5, 0.6) is 0 Å². The van der Waals surface area contributed by atoms with Crippen molar-refractivity contribution in [3.05, 3.63) is 60.4 Å². The Morgan fingerprint density at radius 1 is 1.16 bits per heavy atom. The third kappa shape index (κ3) is 3.68. The zero-order chi connectivity index (χ0) is 13.7. The molecular formula is C14H18N2O2S. The van der Waals surface area contributed by atoms with Crippen molar-refractivity contribution in [2.75, 3.05) is 6.54 Å². The van der Waals surface area contributed by atoms with Crippen LogP contribution in [0.25, 0.3) is 0 Å². The second-order valence-electron chi connectivity index (χ2n) is 4.34. The summed E-state index contributed by atoms with van der Waals surface area (Å²) in [6.45, 7) is 2.86. The Hall–Kier alpha value is -1.59. The van der Waals surface area contributed by atoms with E-state index in [-0.39, 0.29) is 11.8 Å². The number of sulfonamides is 1. The maximum atomic E-state index is 12.2. The SMILES string of the molecule is CCNC1C=CN(S(=O)(=O)Cc2ccccc2)C=C1. The van der Waals surface area contributed by atoms with Gasteiger partial charge in [-0.05, 0) is 24.3 Å². The van der Waals surface area contributed by atoms with Crippen LogP contribution in [0.4, 0.5) is 0 Å². The molecule has 0 saturated heterocycles. The van der Waals surface area contributed by atoms with E-state index in [1.165, 1.54) is 4.31 Å². The van der Waals surface area contributed by atoms with Crippen molar-refractivity contribution < 1.29 is 8.42 Å². The summed E-state index contributed by atoms with van der Waals surface area (Å²) < 4.78 is 25.7. The first-order valence-electron chi connectivity index (χ1n) is 6.27. The maximum absolute atomic E-state index is 12.2. The highest BCUT2D eigenvalue weighted by molar-refractivity contribution is 7.88. The number of rotatable bonds is 5. The first-order valence-corrected chi connectivity index (χ1v) is 7.88. The molecule has 0 saturated carbocycles. The summed E-state index contributed by atoms with van der Waals surface area (Å²) in [6.07, 6.45) is 6.88. The van der Waals surface area contributed by atoms with Crippen molar-refractivity contribution in [1.29, 1.82) is 0 Å². The molecule has 5 heteroatoms. The Kier molecular flexibility index (Phi) is 4.39. The quantitative estimate of drug-likeness (QED) is 0.894. The molecule has 0 unspecified atom stereocenters. The van der Waals surface area contributed by atoms with Gasteiger partial charge in [-0.3, -0.25) is 4.31 Å². The molecule has 4 nitrogen and oxygen atoms in total. The van der Waals surface area contributed by atoms with Gasteiger partial charge in [0.1, 0.15) is 0 Å². The molecule has 0 bridgehead atoms. The van der Waals surface area contributed by atoms with Gasteiger partial charge >= 0.3 is 0 Å². The van der Waals surface area contributed by atoms with Gasteiger partial charge in [0, 0.05) is 18.4 Å². The van der Waals surface area contributed by atoms with Crippen LogP contribution in [0.1, 0.15) is 12.5 Å². The molecular weight excluding hydrogens is 260 g/mol. The van der Waals surface area contributed by atoms with E-state index in [4.69, 9.17) is 0 Å². The second-order valence-corrected chi connectivity index (χ2v) is 6.21. The molecule has 0 aliphatic carbocycles. The predicted molar refractivity (Wildman–Crippen MR) is 76.6 cm³/mol. The molecule has 1 N–H and O–H groups in total. The average molecular weight is 278 g/mol. The lowest BCUT2D eigenvalue weighted by molar-refractivity contribution is 0.545. The zero-order valence-corrected chi connectivity index (χ0v) is 11.7. The van der Waals surface area contributed by atoms with Crippen molar-refractivity contribution >= 4 is 10.0 Å². The predicted octanol–water partition coefficient (Wildman–Crippen LogP) is 1.84. The van der Waals surface area contributed by atoms with Crippen LogP contribution in [-0.2, 0) is 15.8 Å². The van der Waals surface area contributed by atoms with E-state index in [2.05, 4.69) is 5.32 Å². The number of benzene rings is 1. The third-order valence-electron chi connectivity index (χ3n) is 2.83. The minimum Gasteiger partial charge on any atom is -0.307 e. The van der Waals surface area contributed by atoms with E-state index in [0.29, 0.717) is 0 Å². The highest BCUT2D eigenvalue weighted by Crippen LogP contribution is 2.14. The van der Waals surface area contributed by atoms with Crippen molar-refractivity contribution in [2.45, 2.75) is 18.7 Å². The Morgan fingerprint density at radius 3 is 2.37 bits per heavy atom. The monoisotopic (exact) mass is 278 g/mol. The van der Waals surface area contributed by atoms with Gasteiger partial charge in [-0.1, -0.05) is 37.3 Å². The van der Waals surface area contributed by atoms with Gasteiger partial charge in [-0.25, -0.2) is 8.42 Å². The molecule has 0 radical (unpaired) electrons. The van der Waals surface area contributed by atoms with E-state index in [1.54, 1.807) is 12.4 Å². The van der Waals surface area contributed by atoms with Crippen LogP contribution in [0, 0.1) is 0 Å². The lowest BCUT2D eigenvalue weighted by Crippen LogP contribution is -2.31. The molecule has 0 atom stereocenters. The summed E-state index contributed by atoms with van der Waals surface area (Å²) in [5.74, 6) is 0.00833. The van der Waals surface area contributed by atoms with Crippen LogP contribution in [0.2, 0.25) is 0 Å². The molecule has 0 spiro atoms. The van der Waals surface area contributed by atoms with E-state index < -0.39 is 10.0 Å². The smallest absolute Gasteiger partial charge is 0.242 e. The summed E-state index contributed by atoms with van der Waals surface area (Å²) in [5, 5.41) is 3.21. The van der Waals surface area contributed by atoms with Crippen LogP contribution in [-0.4, -0.2) is 25.3 Å². The summed E-state index contributed by atoms with van der Waals surface area (Å²) >= 11 is 0. The Labute approximate surface area is 114 Å². The molecule has 102 valence electrons. The summed E-state index contributed by atoms with van der Waals surface area (Å²) in [4.78, 5) is 0. The Bertz CT molecular complexity index is 550. The van der Waals surface area contributed by atoms with Gasteiger partial charge in [0.2, 0.25) is 10.0 Å². The Balaban J connectivity index is 2.06. The van der Waals surface area contributed by atoms with Gasteiger partial charge in [0.05, 0.1) is 5.75 Å². The number of likely N-dealkylation sites (N-methyl/N-ethyl adjacent to an activating group) is 1. The number of nitrogens with one attached hydrogen (secondary N) is 1. The summed E-state index contributed by atoms with van der Waals surface area (Å²) in [7, 11) is -3.34. The molecule has 1 aromatic carbocycles. The van der Waals surface area contributed by atoms with Gasteiger partial charge in [0.15, 0.2) is 0 Å². The van der Waals surface area contributed by atoms with Crippen LogP contribution >= 0.6 is 0 Å². The molecule has 19 heavy (non-hydrogen) atoms. The molecule has 0 aromatic heterocycles. The first-order chi connectivity index (χ1) is 9.12. The van der Waals surface area contributed by atoms with Crippen LogP contribution in [0.3, 0.4) is 0 Å². The van der Waals surface area contributed by atoms with Gasteiger partial charge in [0.25, 0.3) is 0 Å². The summed E-state index contributed by atoms with van der Waals surface area (Å²) in [6, 6.07) is 9.29. The van der Waals surface area contributed by atoms with Crippen molar-refractivity contribution in [2.24, 2.45) is 0 Å². The molecule has 1 aliphatic rings. The fourth-order valence-electron chi connectivity index (χ4n) is 1.89. The molecule has 0 fully saturated rings. The van der Waals surface area contributed by atoms with Crippen LogP contribution < -0.4 is 5.32 Å². The number of hydrogen-bond acceptors (Lipinski definition) is 3. The van der Waals surface area contributed by atoms with Crippen molar-refractivity contribution in [3.63, 3.8) is 0 Å². The lowest BCUT2D eigenvalue weighted by atomic mass is 10.2. The normalized spacial score (nSPS) is 15.9. The molecule has 0 amide bonds. The first kappa shape index (κ1) is 13.8. The van der Waals surface area contributed by atoms with E-state index in [0.717, 1.165) is 12.1 Å². The van der Waals surface area contributed by atoms with E-state index >= 15 is 0 Å². The Morgan fingerprint density at radius 2 is 1.79 bits per heavy atom.